The second kappa shape index (κ2) is 9.38. The summed E-state index contributed by atoms with van der Waals surface area (Å²) in [5.41, 5.74) is 0.443. The van der Waals surface area contributed by atoms with Gasteiger partial charge in [-0.3, -0.25) is 4.79 Å². The van der Waals surface area contributed by atoms with E-state index in [1.165, 1.54) is 25.5 Å². The standard InChI is InChI=1S/C18H29N3O5S/c1-21(2)27(23,24)20-14-7-5-6-13(10-14)12-19-18(22)16-9-8-15(25-3)11-17(16)26-4/h8-9,11,13-14,20H,5-7,10,12H2,1-4H3,(H,19,22)/t13-,14+/m1/s1. The number of benzene rings is 1. The fraction of sp³-hybridized carbons (Fsp3) is 0.611. The lowest BCUT2D eigenvalue weighted by Gasteiger charge is -2.30. The van der Waals surface area contributed by atoms with Crippen molar-refractivity contribution in [1.82, 2.24) is 14.3 Å². The van der Waals surface area contributed by atoms with Crippen LogP contribution < -0.4 is 19.5 Å². The Morgan fingerprint density at radius 2 is 1.96 bits per heavy atom. The van der Waals surface area contributed by atoms with E-state index in [2.05, 4.69) is 10.0 Å². The second-order valence-corrected chi connectivity index (χ2v) is 8.83. The van der Waals surface area contributed by atoms with Crippen molar-refractivity contribution in [3.05, 3.63) is 23.8 Å². The first kappa shape index (κ1) is 21.5. The molecule has 2 N–H and O–H groups in total. The highest BCUT2D eigenvalue weighted by Gasteiger charge is 2.27. The van der Waals surface area contributed by atoms with Gasteiger partial charge in [0.05, 0.1) is 19.8 Å². The highest BCUT2D eigenvalue weighted by molar-refractivity contribution is 7.87. The van der Waals surface area contributed by atoms with Gasteiger partial charge in [-0.25, -0.2) is 0 Å². The van der Waals surface area contributed by atoms with Gasteiger partial charge in [0.25, 0.3) is 16.1 Å². The van der Waals surface area contributed by atoms with Gasteiger partial charge >= 0.3 is 0 Å². The Kier molecular flexibility index (Phi) is 7.46. The molecule has 2 rings (SSSR count). The summed E-state index contributed by atoms with van der Waals surface area (Å²) in [6.07, 6.45) is 3.39. The molecule has 0 aromatic heterocycles. The van der Waals surface area contributed by atoms with Gasteiger partial charge in [0.2, 0.25) is 0 Å². The molecule has 0 spiro atoms. The van der Waals surface area contributed by atoms with Gasteiger partial charge < -0.3 is 14.8 Å². The minimum Gasteiger partial charge on any atom is -0.497 e. The van der Waals surface area contributed by atoms with E-state index < -0.39 is 10.2 Å². The van der Waals surface area contributed by atoms with E-state index in [-0.39, 0.29) is 17.9 Å². The van der Waals surface area contributed by atoms with Crippen LogP contribution in [0, 0.1) is 5.92 Å². The maximum Gasteiger partial charge on any atom is 0.279 e. The molecule has 0 heterocycles. The molecule has 1 amide bonds. The van der Waals surface area contributed by atoms with Crippen LogP contribution in [0.15, 0.2) is 18.2 Å². The van der Waals surface area contributed by atoms with Gasteiger partial charge in [-0.2, -0.15) is 17.4 Å². The fourth-order valence-corrected chi connectivity index (χ4v) is 4.06. The number of carbonyl (C=O) groups excluding carboxylic acids is 1. The van der Waals surface area contributed by atoms with Crippen LogP contribution in [0.25, 0.3) is 0 Å². The smallest absolute Gasteiger partial charge is 0.279 e. The molecule has 0 bridgehead atoms. The molecule has 1 aliphatic rings. The molecule has 1 aromatic rings. The number of nitrogens with zero attached hydrogens (tertiary/aromatic N) is 1. The molecule has 1 aromatic carbocycles. The van der Waals surface area contributed by atoms with E-state index in [0.29, 0.717) is 30.0 Å². The maximum atomic E-state index is 12.5. The van der Waals surface area contributed by atoms with E-state index in [9.17, 15) is 13.2 Å². The molecular formula is C18H29N3O5S. The Labute approximate surface area is 161 Å². The molecule has 0 radical (unpaired) electrons. The maximum absolute atomic E-state index is 12.5. The van der Waals surface area contributed by atoms with E-state index >= 15 is 0 Å². The van der Waals surface area contributed by atoms with Crippen LogP contribution in [0.4, 0.5) is 0 Å². The average molecular weight is 400 g/mol. The van der Waals surface area contributed by atoms with Crippen molar-refractivity contribution in [3.63, 3.8) is 0 Å². The minimum atomic E-state index is -3.44. The number of hydrogen-bond acceptors (Lipinski definition) is 5. The molecule has 1 saturated carbocycles. The van der Waals surface area contributed by atoms with Crippen LogP contribution in [0.1, 0.15) is 36.0 Å². The van der Waals surface area contributed by atoms with Gasteiger partial charge in [-0.1, -0.05) is 6.42 Å². The summed E-state index contributed by atoms with van der Waals surface area (Å²) in [6, 6.07) is 4.94. The van der Waals surface area contributed by atoms with E-state index in [1.54, 1.807) is 25.3 Å². The summed E-state index contributed by atoms with van der Waals surface area (Å²) in [5, 5.41) is 2.94. The molecule has 2 atom stereocenters. The van der Waals surface area contributed by atoms with Crippen LogP contribution in [-0.2, 0) is 10.2 Å². The van der Waals surface area contributed by atoms with Gasteiger partial charge in [-0.05, 0) is 37.3 Å². The molecule has 152 valence electrons. The minimum absolute atomic E-state index is 0.108. The van der Waals surface area contributed by atoms with E-state index in [1.807, 2.05) is 0 Å². The Morgan fingerprint density at radius 3 is 2.59 bits per heavy atom. The fourth-order valence-electron chi connectivity index (χ4n) is 3.22. The zero-order chi connectivity index (χ0) is 20.0. The summed E-state index contributed by atoms with van der Waals surface area (Å²) in [4.78, 5) is 12.5. The molecule has 0 saturated heterocycles. The number of amides is 1. The van der Waals surface area contributed by atoms with Gasteiger partial charge in [0.1, 0.15) is 11.5 Å². The predicted molar refractivity (Wildman–Crippen MR) is 103 cm³/mol. The number of methoxy groups -OCH3 is 2. The lowest BCUT2D eigenvalue weighted by Crippen LogP contribution is -2.45. The molecule has 0 aliphatic heterocycles. The van der Waals surface area contributed by atoms with Gasteiger partial charge in [0.15, 0.2) is 0 Å². The van der Waals surface area contributed by atoms with Crippen LogP contribution in [0.2, 0.25) is 0 Å². The molecule has 1 fully saturated rings. The quantitative estimate of drug-likeness (QED) is 0.689. The summed E-state index contributed by atoms with van der Waals surface area (Å²) >= 11 is 0. The molecule has 9 heteroatoms. The zero-order valence-electron chi connectivity index (χ0n) is 16.3. The van der Waals surface area contributed by atoms with Crippen molar-refractivity contribution in [2.45, 2.75) is 31.7 Å². The third kappa shape index (κ3) is 5.82. The van der Waals surface area contributed by atoms with Crippen molar-refractivity contribution < 1.29 is 22.7 Å². The highest BCUT2D eigenvalue weighted by Crippen LogP contribution is 2.26. The lowest BCUT2D eigenvalue weighted by molar-refractivity contribution is 0.0939. The van der Waals surface area contributed by atoms with Crippen molar-refractivity contribution in [2.24, 2.45) is 5.92 Å². The SMILES string of the molecule is COc1ccc(C(=O)NC[C@@H]2CCC[C@H](NS(=O)(=O)N(C)C)C2)c(OC)c1. The van der Waals surface area contributed by atoms with Crippen LogP contribution in [-0.4, -0.2) is 59.5 Å². The van der Waals surface area contributed by atoms with E-state index in [4.69, 9.17) is 9.47 Å². The van der Waals surface area contributed by atoms with Crippen molar-refractivity contribution in [3.8, 4) is 11.5 Å². The second-order valence-electron chi connectivity index (χ2n) is 6.91. The lowest BCUT2D eigenvalue weighted by atomic mass is 9.86. The Bertz CT molecular complexity index is 751. The van der Waals surface area contributed by atoms with Gasteiger partial charge in [0, 0.05) is 32.7 Å². The van der Waals surface area contributed by atoms with Crippen LogP contribution in [0.5, 0.6) is 11.5 Å². The number of carbonyl (C=O) groups is 1. The summed E-state index contributed by atoms with van der Waals surface area (Å²) in [7, 11) is 2.63. The predicted octanol–water partition coefficient (Wildman–Crippen LogP) is 1.39. The summed E-state index contributed by atoms with van der Waals surface area (Å²) in [5.74, 6) is 1.08. The van der Waals surface area contributed by atoms with Crippen LogP contribution >= 0.6 is 0 Å². The van der Waals surface area contributed by atoms with Crippen molar-refractivity contribution in [1.29, 1.82) is 0 Å². The topological polar surface area (TPSA) is 97.0 Å². The summed E-state index contributed by atoms with van der Waals surface area (Å²) in [6.45, 7) is 0.494. The number of nitrogens with one attached hydrogen (secondary N) is 2. The third-order valence-corrected chi connectivity index (χ3v) is 6.38. The first-order valence-corrected chi connectivity index (χ1v) is 10.4. The number of rotatable bonds is 8. The van der Waals surface area contributed by atoms with Crippen LogP contribution in [0.3, 0.4) is 0 Å². The normalized spacial score (nSPS) is 20.3. The monoisotopic (exact) mass is 399 g/mol. The molecule has 27 heavy (non-hydrogen) atoms. The number of ether oxygens (including phenoxy) is 2. The Morgan fingerprint density at radius 1 is 1.22 bits per heavy atom. The molecule has 8 nitrogen and oxygen atoms in total. The molecule has 0 unspecified atom stereocenters. The van der Waals surface area contributed by atoms with E-state index in [0.717, 1.165) is 19.3 Å². The molecular weight excluding hydrogens is 370 g/mol. The Balaban J connectivity index is 1.93. The van der Waals surface area contributed by atoms with Gasteiger partial charge in [-0.15, -0.1) is 0 Å². The zero-order valence-corrected chi connectivity index (χ0v) is 17.1. The third-order valence-electron chi connectivity index (χ3n) is 4.78. The number of hydrogen-bond donors (Lipinski definition) is 2. The molecule has 1 aliphatic carbocycles. The Hall–Kier alpha value is -1.84. The van der Waals surface area contributed by atoms with Crippen molar-refractivity contribution in [2.75, 3.05) is 34.9 Å². The highest BCUT2D eigenvalue weighted by atomic mass is 32.2. The average Bonchev–Trinajstić information content (AvgIpc) is 2.65. The first-order chi connectivity index (χ1) is 12.8. The summed E-state index contributed by atoms with van der Waals surface area (Å²) < 4.78 is 38.3. The van der Waals surface area contributed by atoms with Crippen molar-refractivity contribution >= 4 is 16.1 Å². The largest absolute Gasteiger partial charge is 0.497 e. The first-order valence-electron chi connectivity index (χ1n) is 8.96.